The molecule has 0 aliphatic heterocycles. The highest BCUT2D eigenvalue weighted by Crippen LogP contribution is 2.68. The normalized spacial score (nSPS) is 49.2. The van der Waals surface area contributed by atoms with Crippen molar-refractivity contribution in [1.82, 2.24) is 0 Å². The van der Waals surface area contributed by atoms with Gasteiger partial charge in [-0.2, -0.15) is 0 Å². The quantitative estimate of drug-likeness (QED) is 0.499. The molecular weight excluding hydrogens is 352 g/mol. The third-order valence-electron chi connectivity index (χ3n) is 11.6. The molecule has 0 aromatic rings. The van der Waals surface area contributed by atoms with Crippen LogP contribution in [0, 0.1) is 58.2 Å². The molecule has 1 N–H and O–H groups in total. The molecule has 10 atom stereocenters. The highest BCUT2D eigenvalue weighted by molar-refractivity contribution is 5.09. The second-order valence-electron chi connectivity index (χ2n) is 13.1. The molecule has 0 spiro atoms. The molecule has 0 heterocycles. The van der Waals surface area contributed by atoms with Gasteiger partial charge in [0, 0.05) is 0 Å². The van der Waals surface area contributed by atoms with Crippen LogP contribution in [0.25, 0.3) is 0 Å². The molecule has 4 aliphatic rings. The van der Waals surface area contributed by atoms with Crippen LogP contribution in [0.15, 0.2) is 0 Å². The standard InChI is InChI=1S/C28H50O/c1-18(2)19(3)7-8-20(4)24-11-12-25-23-10-9-21-17-22(29)13-15-27(21,5)26(23)14-16-28(24,25)6/h18-26,29H,7-17H2,1-6H3/t19-,20+,21?,22-,23?,24+,25-,26+,27+,28+/m0/s1. The minimum absolute atomic E-state index is 0.0107. The third-order valence-corrected chi connectivity index (χ3v) is 11.6. The smallest absolute Gasteiger partial charge is 0.0543 e. The van der Waals surface area contributed by atoms with Gasteiger partial charge in [-0.15, -0.1) is 0 Å². The van der Waals surface area contributed by atoms with Gasteiger partial charge in [0.05, 0.1) is 6.10 Å². The first-order valence-corrected chi connectivity index (χ1v) is 13.3. The summed E-state index contributed by atoms with van der Waals surface area (Å²) in [7, 11) is 0. The summed E-state index contributed by atoms with van der Waals surface area (Å²) in [6.07, 6.45) is 15.1. The maximum atomic E-state index is 10.3. The highest BCUT2D eigenvalue weighted by Gasteiger charge is 2.60. The SMILES string of the molecule is CC(C)[C@@H](C)CC[C@@H](C)[C@H]1CC[C@H]2C3CCC4C[C@@H](O)CC[C@@]4(C)[C@@H]3CC[C@]12C. The van der Waals surface area contributed by atoms with Crippen LogP contribution in [0.1, 0.15) is 112 Å². The van der Waals surface area contributed by atoms with Crippen molar-refractivity contribution in [1.29, 1.82) is 0 Å². The van der Waals surface area contributed by atoms with Gasteiger partial charge >= 0.3 is 0 Å². The van der Waals surface area contributed by atoms with E-state index in [0.29, 0.717) is 10.8 Å². The minimum Gasteiger partial charge on any atom is -0.393 e. The molecule has 168 valence electrons. The molecule has 0 aromatic carbocycles. The van der Waals surface area contributed by atoms with Crippen LogP contribution in [0.2, 0.25) is 0 Å². The summed E-state index contributed by atoms with van der Waals surface area (Å²) in [6, 6.07) is 0. The Morgan fingerprint density at radius 3 is 2.21 bits per heavy atom. The van der Waals surface area contributed by atoms with Crippen LogP contribution >= 0.6 is 0 Å². The maximum Gasteiger partial charge on any atom is 0.0543 e. The van der Waals surface area contributed by atoms with Gasteiger partial charge in [0.15, 0.2) is 0 Å². The van der Waals surface area contributed by atoms with E-state index in [2.05, 4.69) is 41.5 Å². The van der Waals surface area contributed by atoms with Gasteiger partial charge < -0.3 is 5.11 Å². The van der Waals surface area contributed by atoms with E-state index in [0.717, 1.165) is 60.2 Å². The van der Waals surface area contributed by atoms with E-state index >= 15 is 0 Å². The van der Waals surface area contributed by atoms with Crippen LogP contribution in [0.5, 0.6) is 0 Å². The summed E-state index contributed by atoms with van der Waals surface area (Å²) in [6.45, 7) is 15.2. The Hall–Kier alpha value is -0.0400. The van der Waals surface area contributed by atoms with E-state index in [4.69, 9.17) is 0 Å². The number of hydrogen-bond acceptors (Lipinski definition) is 1. The second-order valence-corrected chi connectivity index (χ2v) is 13.1. The van der Waals surface area contributed by atoms with Crippen molar-refractivity contribution in [3.8, 4) is 0 Å². The van der Waals surface area contributed by atoms with E-state index in [9.17, 15) is 5.11 Å². The number of fused-ring (bicyclic) bond motifs is 5. The molecule has 0 saturated heterocycles. The zero-order chi connectivity index (χ0) is 21.0. The molecule has 4 fully saturated rings. The zero-order valence-corrected chi connectivity index (χ0v) is 20.4. The number of rotatable bonds is 5. The summed E-state index contributed by atoms with van der Waals surface area (Å²) >= 11 is 0. The Balaban J connectivity index is 1.46. The van der Waals surface area contributed by atoms with E-state index in [1.165, 1.54) is 57.8 Å². The molecule has 4 rings (SSSR count). The molecule has 0 aromatic heterocycles. The van der Waals surface area contributed by atoms with Crippen molar-refractivity contribution < 1.29 is 5.11 Å². The molecule has 1 heteroatoms. The molecule has 0 radical (unpaired) electrons. The predicted octanol–water partition coefficient (Wildman–Crippen LogP) is 7.71. The lowest BCUT2D eigenvalue weighted by molar-refractivity contribution is -0.129. The van der Waals surface area contributed by atoms with Crippen molar-refractivity contribution in [2.45, 2.75) is 118 Å². The largest absolute Gasteiger partial charge is 0.393 e. The van der Waals surface area contributed by atoms with Crippen LogP contribution in [-0.4, -0.2) is 11.2 Å². The van der Waals surface area contributed by atoms with Crippen LogP contribution in [0.4, 0.5) is 0 Å². The van der Waals surface area contributed by atoms with Crippen molar-refractivity contribution in [3.05, 3.63) is 0 Å². The van der Waals surface area contributed by atoms with Crippen LogP contribution in [0.3, 0.4) is 0 Å². The van der Waals surface area contributed by atoms with Crippen LogP contribution in [-0.2, 0) is 0 Å². The minimum atomic E-state index is -0.0107. The lowest BCUT2D eigenvalue weighted by Gasteiger charge is -2.61. The summed E-state index contributed by atoms with van der Waals surface area (Å²) in [5.74, 6) is 7.28. The van der Waals surface area contributed by atoms with Crippen molar-refractivity contribution in [2.75, 3.05) is 0 Å². The lowest BCUT2D eigenvalue weighted by Crippen LogP contribution is -2.54. The molecule has 4 aliphatic carbocycles. The first kappa shape index (κ1) is 22.2. The first-order valence-electron chi connectivity index (χ1n) is 13.3. The van der Waals surface area contributed by atoms with Crippen molar-refractivity contribution in [3.63, 3.8) is 0 Å². The fourth-order valence-electron chi connectivity index (χ4n) is 9.27. The van der Waals surface area contributed by atoms with Gasteiger partial charge in [0.1, 0.15) is 0 Å². The summed E-state index contributed by atoms with van der Waals surface area (Å²) < 4.78 is 0. The number of aliphatic hydroxyl groups is 1. The van der Waals surface area contributed by atoms with E-state index in [-0.39, 0.29) is 6.10 Å². The zero-order valence-electron chi connectivity index (χ0n) is 20.4. The van der Waals surface area contributed by atoms with Gasteiger partial charge in [-0.25, -0.2) is 0 Å². The molecular formula is C28H50O. The Labute approximate surface area is 181 Å². The second kappa shape index (κ2) is 8.14. The lowest BCUT2D eigenvalue weighted by atomic mass is 9.44. The summed E-state index contributed by atoms with van der Waals surface area (Å²) in [4.78, 5) is 0. The average molecular weight is 403 g/mol. The Kier molecular flexibility index (Phi) is 6.22. The molecule has 0 amide bonds. The topological polar surface area (TPSA) is 20.2 Å². The Bertz CT molecular complexity index is 569. The third kappa shape index (κ3) is 3.74. The fourth-order valence-corrected chi connectivity index (χ4v) is 9.27. The number of hydrogen-bond donors (Lipinski definition) is 1. The molecule has 29 heavy (non-hydrogen) atoms. The van der Waals surface area contributed by atoms with Gasteiger partial charge in [0.25, 0.3) is 0 Å². The van der Waals surface area contributed by atoms with Gasteiger partial charge in [-0.05, 0) is 116 Å². The Morgan fingerprint density at radius 1 is 0.793 bits per heavy atom. The predicted molar refractivity (Wildman–Crippen MR) is 124 cm³/mol. The highest BCUT2D eigenvalue weighted by atomic mass is 16.3. The maximum absolute atomic E-state index is 10.3. The first-order chi connectivity index (χ1) is 13.7. The van der Waals surface area contributed by atoms with Gasteiger partial charge in [0.2, 0.25) is 0 Å². The van der Waals surface area contributed by atoms with Gasteiger partial charge in [-0.3, -0.25) is 0 Å². The van der Waals surface area contributed by atoms with Gasteiger partial charge in [-0.1, -0.05) is 54.4 Å². The van der Waals surface area contributed by atoms with Crippen LogP contribution < -0.4 is 0 Å². The number of aliphatic hydroxyl groups excluding tert-OH is 1. The molecule has 0 bridgehead atoms. The van der Waals surface area contributed by atoms with Crippen molar-refractivity contribution in [2.24, 2.45) is 58.2 Å². The van der Waals surface area contributed by atoms with E-state index in [1.54, 1.807) is 0 Å². The van der Waals surface area contributed by atoms with E-state index in [1.807, 2.05) is 0 Å². The molecule has 1 nitrogen and oxygen atoms in total. The Morgan fingerprint density at radius 2 is 1.48 bits per heavy atom. The monoisotopic (exact) mass is 402 g/mol. The average Bonchev–Trinajstić information content (AvgIpc) is 3.03. The molecule has 2 unspecified atom stereocenters. The molecule has 4 saturated carbocycles. The fraction of sp³-hybridized carbons (Fsp3) is 1.00. The van der Waals surface area contributed by atoms with Crippen molar-refractivity contribution >= 4 is 0 Å². The summed E-state index contributed by atoms with van der Waals surface area (Å²) in [5, 5.41) is 10.3. The van der Waals surface area contributed by atoms with E-state index < -0.39 is 0 Å². The summed E-state index contributed by atoms with van der Waals surface area (Å²) in [5.41, 5.74) is 1.14.